The van der Waals surface area contributed by atoms with Crippen LogP contribution in [0, 0.1) is 12.7 Å². The summed E-state index contributed by atoms with van der Waals surface area (Å²) in [6.07, 6.45) is 2.23. The lowest BCUT2D eigenvalue weighted by molar-refractivity contribution is 0.214. The van der Waals surface area contributed by atoms with E-state index in [1.54, 1.807) is 24.4 Å². The van der Waals surface area contributed by atoms with Crippen molar-refractivity contribution < 1.29 is 9.50 Å². The van der Waals surface area contributed by atoms with Gasteiger partial charge in [0.15, 0.2) is 0 Å². The molecule has 0 saturated carbocycles. The van der Waals surface area contributed by atoms with Gasteiger partial charge >= 0.3 is 0 Å². The van der Waals surface area contributed by atoms with Crippen LogP contribution in [0.2, 0.25) is 0 Å². The van der Waals surface area contributed by atoms with Gasteiger partial charge in [-0.15, -0.1) is 0 Å². The molecule has 4 heteroatoms. The molecular formula is C13H11BrFNO. The first kappa shape index (κ1) is 12.2. The Bertz CT molecular complexity index is 545. The van der Waals surface area contributed by atoms with Crippen molar-refractivity contribution in [2.75, 3.05) is 0 Å². The monoisotopic (exact) mass is 295 g/mol. The molecule has 1 N–H and O–H groups in total. The third-order valence-corrected chi connectivity index (χ3v) is 2.96. The van der Waals surface area contributed by atoms with Gasteiger partial charge in [-0.1, -0.05) is 22.0 Å². The molecule has 1 atom stereocenters. The Hall–Kier alpha value is -1.26. The van der Waals surface area contributed by atoms with Crippen molar-refractivity contribution in [2.24, 2.45) is 0 Å². The fourth-order valence-electron chi connectivity index (χ4n) is 1.63. The number of aliphatic hydroxyl groups is 1. The van der Waals surface area contributed by atoms with Gasteiger partial charge in [-0.3, -0.25) is 4.98 Å². The van der Waals surface area contributed by atoms with Crippen molar-refractivity contribution in [3.05, 3.63) is 63.6 Å². The van der Waals surface area contributed by atoms with E-state index in [0.29, 0.717) is 5.56 Å². The first-order chi connectivity index (χ1) is 8.08. The summed E-state index contributed by atoms with van der Waals surface area (Å²) in [5, 5.41) is 10.1. The average molecular weight is 296 g/mol. The Morgan fingerprint density at radius 1 is 1.29 bits per heavy atom. The molecule has 0 aliphatic heterocycles. The number of rotatable bonds is 2. The normalized spacial score (nSPS) is 12.5. The van der Waals surface area contributed by atoms with Crippen molar-refractivity contribution in [3.8, 4) is 0 Å². The highest BCUT2D eigenvalue weighted by Crippen LogP contribution is 2.26. The van der Waals surface area contributed by atoms with E-state index in [2.05, 4.69) is 20.9 Å². The minimum absolute atomic E-state index is 0.242. The lowest BCUT2D eigenvalue weighted by Crippen LogP contribution is -2.03. The molecule has 0 aliphatic rings. The predicted octanol–water partition coefficient (Wildman–Crippen LogP) is 3.37. The second-order valence-electron chi connectivity index (χ2n) is 3.86. The molecule has 0 radical (unpaired) electrons. The van der Waals surface area contributed by atoms with Crippen LogP contribution in [-0.4, -0.2) is 10.1 Å². The molecule has 1 heterocycles. The first-order valence-electron chi connectivity index (χ1n) is 5.12. The van der Waals surface area contributed by atoms with Gasteiger partial charge in [0.2, 0.25) is 0 Å². The van der Waals surface area contributed by atoms with Gasteiger partial charge in [0, 0.05) is 28.0 Å². The molecule has 1 aromatic heterocycles. The number of aromatic nitrogens is 1. The summed E-state index contributed by atoms with van der Waals surface area (Å²) < 4.78 is 14.3. The second-order valence-corrected chi connectivity index (χ2v) is 4.78. The maximum atomic E-state index is 13.6. The Labute approximate surface area is 107 Å². The third kappa shape index (κ3) is 2.70. The fourth-order valence-corrected chi connectivity index (χ4v) is 2.01. The molecule has 17 heavy (non-hydrogen) atoms. The van der Waals surface area contributed by atoms with E-state index in [4.69, 9.17) is 0 Å². The number of pyridine rings is 1. The lowest BCUT2D eigenvalue weighted by Gasteiger charge is -2.12. The van der Waals surface area contributed by atoms with Crippen molar-refractivity contribution >= 4 is 15.9 Å². The summed E-state index contributed by atoms with van der Waals surface area (Å²) in [6, 6.07) is 6.28. The first-order valence-corrected chi connectivity index (χ1v) is 5.92. The summed E-state index contributed by atoms with van der Waals surface area (Å²) in [5.74, 6) is -0.429. The van der Waals surface area contributed by atoms with Crippen LogP contribution < -0.4 is 0 Å². The molecule has 2 aromatic rings. The summed E-state index contributed by atoms with van der Waals surface area (Å²) >= 11 is 3.26. The van der Waals surface area contributed by atoms with Crippen LogP contribution in [0.15, 0.2) is 41.1 Å². The zero-order valence-corrected chi connectivity index (χ0v) is 10.8. The molecule has 2 rings (SSSR count). The zero-order valence-electron chi connectivity index (χ0n) is 9.19. The van der Waals surface area contributed by atoms with E-state index in [-0.39, 0.29) is 5.56 Å². The molecular weight excluding hydrogens is 285 g/mol. The molecule has 0 saturated heterocycles. The third-order valence-electron chi connectivity index (χ3n) is 2.46. The van der Waals surface area contributed by atoms with Gasteiger partial charge in [-0.05, 0) is 30.7 Å². The number of hydrogen-bond acceptors (Lipinski definition) is 2. The van der Waals surface area contributed by atoms with Gasteiger partial charge < -0.3 is 5.11 Å². The standard InChI is InChI=1S/C13H11BrFNO/c1-8-4-9(7-16-6-8)13(17)11-5-10(14)2-3-12(11)15/h2-7,13,17H,1H3. The summed E-state index contributed by atoms with van der Waals surface area (Å²) in [4.78, 5) is 3.99. The number of benzene rings is 1. The minimum atomic E-state index is -1.00. The highest BCUT2D eigenvalue weighted by molar-refractivity contribution is 9.10. The number of halogens is 2. The lowest BCUT2D eigenvalue weighted by atomic mass is 10.0. The maximum absolute atomic E-state index is 13.6. The SMILES string of the molecule is Cc1cncc(C(O)c2cc(Br)ccc2F)c1. The van der Waals surface area contributed by atoms with Gasteiger partial charge in [0.1, 0.15) is 11.9 Å². The summed E-state index contributed by atoms with van der Waals surface area (Å²) in [6.45, 7) is 1.88. The van der Waals surface area contributed by atoms with E-state index in [1.165, 1.54) is 12.3 Å². The fraction of sp³-hybridized carbons (Fsp3) is 0.154. The van der Waals surface area contributed by atoms with Crippen molar-refractivity contribution in [1.29, 1.82) is 0 Å². The van der Waals surface area contributed by atoms with Crippen LogP contribution >= 0.6 is 15.9 Å². The Kier molecular flexibility index (Phi) is 3.54. The topological polar surface area (TPSA) is 33.1 Å². The smallest absolute Gasteiger partial charge is 0.129 e. The molecule has 1 unspecified atom stereocenters. The zero-order chi connectivity index (χ0) is 12.4. The van der Waals surface area contributed by atoms with E-state index in [1.807, 2.05) is 6.92 Å². The minimum Gasteiger partial charge on any atom is -0.383 e. The van der Waals surface area contributed by atoms with E-state index in [0.717, 1.165) is 10.0 Å². The molecule has 0 aliphatic carbocycles. The number of nitrogens with zero attached hydrogens (tertiary/aromatic N) is 1. The van der Waals surface area contributed by atoms with Crippen molar-refractivity contribution in [1.82, 2.24) is 4.98 Å². The van der Waals surface area contributed by atoms with Gasteiger partial charge in [0.05, 0.1) is 0 Å². The van der Waals surface area contributed by atoms with Gasteiger partial charge in [0.25, 0.3) is 0 Å². The maximum Gasteiger partial charge on any atom is 0.129 e. The van der Waals surface area contributed by atoms with Crippen LogP contribution in [0.1, 0.15) is 22.8 Å². The van der Waals surface area contributed by atoms with Crippen molar-refractivity contribution in [3.63, 3.8) is 0 Å². The van der Waals surface area contributed by atoms with Gasteiger partial charge in [-0.2, -0.15) is 0 Å². The molecule has 0 fully saturated rings. The van der Waals surface area contributed by atoms with Crippen LogP contribution in [0.5, 0.6) is 0 Å². The predicted molar refractivity (Wildman–Crippen MR) is 67.1 cm³/mol. The van der Waals surface area contributed by atoms with E-state index < -0.39 is 11.9 Å². The number of aliphatic hydroxyl groups excluding tert-OH is 1. The largest absolute Gasteiger partial charge is 0.383 e. The number of hydrogen-bond donors (Lipinski definition) is 1. The Balaban J connectivity index is 2.43. The highest BCUT2D eigenvalue weighted by Gasteiger charge is 2.15. The van der Waals surface area contributed by atoms with Crippen LogP contribution in [0.25, 0.3) is 0 Å². The Morgan fingerprint density at radius 2 is 2.06 bits per heavy atom. The van der Waals surface area contributed by atoms with E-state index >= 15 is 0 Å². The molecule has 0 spiro atoms. The molecule has 88 valence electrons. The molecule has 0 bridgehead atoms. The molecule has 2 nitrogen and oxygen atoms in total. The van der Waals surface area contributed by atoms with E-state index in [9.17, 15) is 9.50 Å². The Morgan fingerprint density at radius 3 is 2.76 bits per heavy atom. The van der Waals surface area contributed by atoms with Crippen LogP contribution in [-0.2, 0) is 0 Å². The van der Waals surface area contributed by atoms with Crippen molar-refractivity contribution in [2.45, 2.75) is 13.0 Å². The van der Waals surface area contributed by atoms with Crippen LogP contribution in [0.3, 0.4) is 0 Å². The van der Waals surface area contributed by atoms with Crippen LogP contribution in [0.4, 0.5) is 4.39 Å². The highest BCUT2D eigenvalue weighted by atomic mass is 79.9. The number of aryl methyl sites for hydroxylation is 1. The molecule has 0 amide bonds. The second kappa shape index (κ2) is 4.94. The quantitative estimate of drug-likeness (QED) is 0.921. The summed E-state index contributed by atoms with van der Waals surface area (Å²) in [7, 11) is 0. The summed E-state index contributed by atoms with van der Waals surface area (Å²) in [5.41, 5.74) is 1.76. The van der Waals surface area contributed by atoms with Gasteiger partial charge in [-0.25, -0.2) is 4.39 Å². The average Bonchev–Trinajstić information content (AvgIpc) is 2.31. The molecule has 1 aromatic carbocycles.